The lowest BCUT2D eigenvalue weighted by molar-refractivity contribution is -0.123. The van der Waals surface area contributed by atoms with Crippen molar-refractivity contribution in [1.29, 1.82) is 0 Å². The molecular formula is C16H12Cl3NO4. The van der Waals surface area contributed by atoms with Crippen LogP contribution >= 0.6 is 34.8 Å². The highest BCUT2D eigenvalue weighted by atomic mass is 35.5. The molecule has 0 spiro atoms. The van der Waals surface area contributed by atoms with Gasteiger partial charge in [0.1, 0.15) is 11.3 Å². The van der Waals surface area contributed by atoms with Gasteiger partial charge in [-0.25, -0.2) is 4.79 Å². The highest BCUT2D eigenvalue weighted by molar-refractivity contribution is 6.36. The molecule has 0 saturated heterocycles. The molecule has 2 aromatic carbocycles. The van der Waals surface area contributed by atoms with Crippen molar-refractivity contribution in [2.24, 2.45) is 0 Å². The monoisotopic (exact) mass is 387 g/mol. The van der Waals surface area contributed by atoms with E-state index in [0.29, 0.717) is 10.7 Å². The Hall–Kier alpha value is -1.95. The summed E-state index contributed by atoms with van der Waals surface area (Å²) in [6.45, 7) is 1.39. The molecule has 0 heterocycles. The van der Waals surface area contributed by atoms with Crippen LogP contribution in [-0.2, 0) is 9.53 Å². The van der Waals surface area contributed by atoms with Crippen LogP contribution in [0.4, 0.5) is 5.69 Å². The van der Waals surface area contributed by atoms with E-state index in [9.17, 15) is 14.7 Å². The predicted octanol–water partition coefficient (Wildman–Crippen LogP) is 4.54. The molecule has 2 aromatic rings. The van der Waals surface area contributed by atoms with E-state index in [0.717, 1.165) is 0 Å². The van der Waals surface area contributed by atoms with Crippen molar-refractivity contribution in [3.05, 3.63) is 57.0 Å². The van der Waals surface area contributed by atoms with E-state index in [4.69, 9.17) is 39.5 Å². The van der Waals surface area contributed by atoms with E-state index in [1.807, 2.05) is 0 Å². The highest BCUT2D eigenvalue weighted by Gasteiger charge is 2.22. The second-order valence-electron chi connectivity index (χ2n) is 4.82. The second kappa shape index (κ2) is 7.75. The number of amides is 1. The van der Waals surface area contributed by atoms with Crippen LogP contribution in [0.3, 0.4) is 0 Å². The highest BCUT2D eigenvalue weighted by Crippen LogP contribution is 2.26. The quantitative estimate of drug-likeness (QED) is 0.754. The summed E-state index contributed by atoms with van der Waals surface area (Å²) in [7, 11) is 0. The summed E-state index contributed by atoms with van der Waals surface area (Å²) in [5.41, 5.74) is 0.200. The molecule has 2 N–H and O–H groups in total. The third kappa shape index (κ3) is 4.54. The summed E-state index contributed by atoms with van der Waals surface area (Å²) in [6, 6.07) is 8.49. The zero-order valence-corrected chi connectivity index (χ0v) is 14.6. The standard InChI is InChI=1S/C16H12Cl3NO4/c1-8(15(22)20-13-4-2-10(18)7-12(13)19)24-16(23)11-6-9(17)3-5-14(11)21/h2-8,21H,1H3,(H,20,22)/t8-/m0/s1. The van der Waals surface area contributed by atoms with Gasteiger partial charge < -0.3 is 15.2 Å². The number of hydrogen-bond donors (Lipinski definition) is 2. The Morgan fingerprint density at radius 3 is 2.38 bits per heavy atom. The second-order valence-corrected chi connectivity index (χ2v) is 6.10. The molecule has 0 aliphatic heterocycles. The van der Waals surface area contributed by atoms with Crippen LogP contribution in [0.2, 0.25) is 15.1 Å². The fraction of sp³-hybridized carbons (Fsp3) is 0.125. The first-order valence-electron chi connectivity index (χ1n) is 6.73. The smallest absolute Gasteiger partial charge is 0.342 e. The Labute approximate surface area is 153 Å². The normalized spacial score (nSPS) is 11.7. The molecule has 0 aliphatic carbocycles. The topological polar surface area (TPSA) is 75.6 Å². The number of benzene rings is 2. The van der Waals surface area contributed by atoms with Gasteiger partial charge in [-0.1, -0.05) is 34.8 Å². The van der Waals surface area contributed by atoms with Crippen molar-refractivity contribution < 1.29 is 19.4 Å². The van der Waals surface area contributed by atoms with E-state index in [1.54, 1.807) is 6.07 Å². The minimum Gasteiger partial charge on any atom is -0.507 e. The number of anilines is 1. The summed E-state index contributed by atoms with van der Waals surface area (Å²) in [6.07, 6.45) is -1.12. The molecule has 0 aromatic heterocycles. The molecule has 24 heavy (non-hydrogen) atoms. The number of ether oxygens (including phenoxy) is 1. The zero-order valence-electron chi connectivity index (χ0n) is 12.3. The fourth-order valence-corrected chi connectivity index (χ4v) is 2.40. The van der Waals surface area contributed by atoms with E-state index in [2.05, 4.69) is 5.32 Å². The van der Waals surface area contributed by atoms with Gasteiger partial charge in [0, 0.05) is 10.0 Å². The van der Waals surface area contributed by atoms with Gasteiger partial charge in [0.05, 0.1) is 10.7 Å². The van der Waals surface area contributed by atoms with E-state index < -0.39 is 18.0 Å². The summed E-state index contributed by atoms with van der Waals surface area (Å²) >= 11 is 17.5. The number of rotatable bonds is 4. The van der Waals surface area contributed by atoms with Crippen LogP contribution in [0, 0.1) is 0 Å². The molecule has 0 saturated carbocycles. The number of aromatic hydroxyl groups is 1. The number of phenolic OH excluding ortho intramolecular Hbond substituents is 1. The number of hydrogen-bond acceptors (Lipinski definition) is 4. The van der Waals surface area contributed by atoms with Gasteiger partial charge in [-0.2, -0.15) is 0 Å². The molecule has 1 atom stereocenters. The largest absolute Gasteiger partial charge is 0.507 e. The van der Waals surface area contributed by atoms with E-state index in [-0.39, 0.29) is 21.4 Å². The number of nitrogens with one attached hydrogen (secondary N) is 1. The predicted molar refractivity (Wildman–Crippen MR) is 93.1 cm³/mol. The van der Waals surface area contributed by atoms with Gasteiger partial charge in [0.15, 0.2) is 6.10 Å². The Morgan fingerprint density at radius 2 is 1.71 bits per heavy atom. The lowest BCUT2D eigenvalue weighted by Crippen LogP contribution is -2.30. The average Bonchev–Trinajstić information content (AvgIpc) is 2.52. The third-order valence-electron chi connectivity index (χ3n) is 3.02. The molecule has 0 aliphatic rings. The van der Waals surface area contributed by atoms with Gasteiger partial charge >= 0.3 is 5.97 Å². The molecule has 8 heteroatoms. The van der Waals surface area contributed by atoms with Gasteiger partial charge in [-0.3, -0.25) is 4.79 Å². The van der Waals surface area contributed by atoms with Crippen LogP contribution in [-0.4, -0.2) is 23.1 Å². The maximum Gasteiger partial charge on any atom is 0.342 e. The molecule has 0 unspecified atom stereocenters. The van der Waals surface area contributed by atoms with Crippen LogP contribution in [0.5, 0.6) is 5.75 Å². The van der Waals surface area contributed by atoms with Gasteiger partial charge in [-0.15, -0.1) is 0 Å². The zero-order chi connectivity index (χ0) is 17.9. The molecule has 0 bridgehead atoms. The Bertz CT molecular complexity index is 795. The van der Waals surface area contributed by atoms with E-state index >= 15 is 0 Å². The van der Waals surface area contributed by atoms with Crippen molar-refractivity contribution in [1.82, 2.24) is 0 Å². The minimum absolute atomic E-state index is 0.133. The first kappa shape index (κ1) is 18.4. The number of carbonyl (C=O) groups is 2. The van der Waals surface area contributed by atoms with Crippen molar-refractivity contribution >= 4 is 52.4 Å². The van der Waals surface area contributed by atoms with Crippen LogP contribution < -0.4 is 5.32 Å². The molecule has 126 valence electrons. The van der Waals surface area contributed by atoms with Gasteiger partial charge in [0.2, 0.25) is 0 Å². The van der Waals surface area contributed by atoms with E-state index in [1.165, 1.54) is 37.3 Å². The molecule has 2 rings (SSSR count). The molecule has 1 amide bonds. The maximum atomic E-state index is 12.1. The summed E-state index contributed by atoms with van der Waals surface area (Å²) in [4.78, 5) is 24.1. The minimum atomic E-state index is -1.12. The summed E-state index contributed by atoms with van der Waals surface area (Å²) in [5.74, 6) is -1.76. The first-order valence-corrected chi connectivity index (χ1v) is 7.86. The number of phenols is 1. The van der Waals surface area contributed by atoms with Crippen molar-refractivity contribution in [2.75, 3.05) is 5.32 Å². The first-order chi connectivity index (χ1) is 11.3. The number of esters is 1. The third-order valence-corrected chi connectivity index (χ3v) is 3.80. The number of carbonyl (C=O) groups excluding carboxylic acids is 2. The number of halogens is 3. The molecular weight excluding hydrogens is 377 g/mol. The molecule has 0 fully saturated rings. The Balaban J connectivity index is 2.05. The van der Waals surface area contributed by atoms with Crippen molar-refractivity contribution in [2.45, 2.75) is 13.0 Å². The average molecular weight is 389 g/mol. The lowest BCUT2D eigenvalue weighted by atomic mass is 10.2. The fourth-order valence-electron chi connectivity index (χ4n) is 1.77. The lowest BCUT2D eigenvalue weighted by Gasteiger charge is -2.15. The van der Waals surface area contributed by atoms with Crippen molar-refractivity contribution in [3.63, 3.8) is 0 Å². The summed E-state index contributed by atoms with van der Waals surface area (Å²) in [5, 5.41) is 13.1. The summed E-state index contributed by atoms with van der Waals surface area (Å²) < 4.78 is 5.03. The Kier molecular flexibility index (Phi) is 5.94. The van der Waals surface area contributed by atoms with Gasteiger partial charge in [-0.05, 0) is 43.3 Å². The maximum absolute atomic E-state index is 12.1. The van der Waals surface area contributed by atoms with Crippen molar-refractivity contribution in [3.8, 4) is 5.75 Å². The van der Waals surface area contributed by atoms with Gasteiger partial charge in [0.25, 0.3) is 5.91 Å². The van der Waals surface area contributed by atoms with Crippen LogP contribution in [0.1, 0.15) is 17.3 Å². The molecule has 0 radical (unpaired) electrons. The van der Waals surface area contributed by atoms with Crippen LogP contribution in [0.25, 0.3) is 0 Å². The van der Waals surface area contributed by atoms with Crippen LogP contribution in [0.15, 0.2) is 36.4 Å². The molecule has 5 nitrogen and oxygen atoms in total. The Morgan fingerprint density at radius 1 is 1.08 bits per heavy atom. The SMILES string of the molecule is C[C@H](OC(=O)c1cc(Cl)ccc1O)C(=O)Nc1ccc(Cl)cc1Cl.